The van der Waals surface area contributed by atoms with Gasteiger partial charge in [0.1, 0.15) is 5.78 Å². The Hall–Kier alpha value is -0.153. The van der Waals surface area contributed by atoms with Crippen molar-refractivity contribution in [2.75, 3.05) is 0 Å². The van der Waals surface area contributed by atoms with Gasteiger partial charge in [-0.15, -0.1) is 0 Å². The van der Waals surface area contributed by atoms with Crippen LogP contribution in [0.1, 0.15) is 26.7 Å². The molecule has 0 aromatic carbocycles. The lowest BCUT2D eigenvalue weighted by molar-refractivity contribution is -0.138. The van der Waals surface area contributed by atoms with Crippen LogP contribution in [0.3, 0.4) is 0 Å². The maximum Gasteiger partial charge on any atom is 0.187 e. The number of rotatable bonds is 0. The van der Waals surface area contributed by atoms with Crippen LogP contribution in [0.5, 0.6) is 0 Å². The first-order chi connectivity index (χ1) is 6.33. The zero-order valence-corrected chi connectivity index (χ0v) is 10.6. The summed E-state index contributed by atoms with van der Waals surface area (Å²) in [5.74, 6) is 0.747. The predicted molar refractivity (Wildman–Crippen MR) is 58.7 cm³/mol. The van der Waals surface area contributed by atoms with Crippen LogP contribution in [0.4, 0.5) is 0 Å². The van der Waals surface area contributed by atoms with E-state index >= 15 is 0 Å². The van der Waals surface area contributed by atoms with Crippen LogP contribution >= 0.6 is 0 Å². The fourth-order valence-electron chi connectivity index (χ4n) is 2.96. The molecule has 3 heteroatoms. The van der Waals surface area contributed by atoms with E-state index in [4.69, 9.17) is 4.43 Å². The molecule has 0 aromatic heterocycles. The highest BCUT2D eigenvalue weighted by molar-refractivity contribution is 6.71. The summed E-state index contributed by atoms with van der Waals surface area (Å²) in [5.41, 5.74) is -0.232. The Bertz CT molecular complexity index is 270. The second-order valence-electron chi connectivity index (χ2n) is 5.93. The molecule has 0 unspecified atom stereocenters. The van der Waals surface area contributed by atoms with E-state index in [1.165, 1.54) is 0 Å². The van der Waals surface area contributed by atoms with Crippen molar-refractivity contribution in [3.63, 3.8) is 0 Å². The molecule has 0 spiro atoms. The molecule has 1 saturated carbocycles. The first-order valence-corrected chi connectivity index (χ1v) is 8.66. The minimum Gasteiger partial charge on any atom is -0.413 e. The Morgan fingerprint density at radius 1 is 1.36 bits per heavy atom. The highest BCUT2D eigenvalue weighted by Crippen LogP contribution is 2.45. The molecule has 14 heavy (non-hydrogen) atoms. The maximum atomic E-state index is 12.2. The number of carbonyl (C=O) groups is 1. The number of hydrogen-bond acceptors (Lipinski definition) is 2. The SMILES string of the molecule is CC1(C)C(=O)[C@@H]2CC[C@H]1O[Si](C)(C)C2. The molecule has 2 saturated heterocycles. The molecule has 2 nitrogen and oxygen atoms in total. The average molecular weight is 212 g/mol. The highest BCUT2D eigenvalue weighted by atomic mass is 28.4. The Morgan fingerprint density at radius 2 is 2.00 bits per heavy atom. The molecule has 2 heterocycles. The molecule has 0 radical (unpaired) electrons. The predicted octanol–water partition coefficient (Wildman–Crippen LogP) is 2.60. The number of Topliss-reactive ketones (excluding diaryl/α,β-unsaturated/α-hetero) is 1. The summed E-state index contributed by atoms with van der Waals surface area (Å²) < 4.78 is 6.19. The summed E-state index contributed by atoms with van der Waals surface area (Å²) in [4.78, 5) is 12.2. The minimum absolute atomic E-state index is 0.190. The Balaban J connectivity index is 2.36. The van der Waals surface area contributed by atoms with Gasteiger partial charge >= 0.3 is 0 Å². The molecule has 0 N–H and O–H groups in total. The van der Waals surface area contributed by atoms with Gasteiger partial charge in [0, 0.05) is 11.3 Å². The molecule has 3 aliphatic rings. The molecular weight excluding hydrogens is 192 g/mol. The molecule has 3 rings (SSSR count). The Labute approximate surface area is 87.2 Å². The summed E-state index contributed by atoms with van der Waals surface area (Å²) in [5, 5.41) is 0. The second-order valence-corrected chi connectivity index (χ2v) is 10.1. The van der Waals surface area contributed by atoms with E-state index in [1.807, 2.05) is 0 Å². The van der Waals surface area contributed by atoms with Crippen LogP contribution < -0.4 is 0 Å². The minimum atomic E-state index is -1.56. The van der Waals surface area contributed by atoms with Crippen molar-refractivity contribution in [1.82, 2.24) is 0 Å². The third-order valence-corrected chi connectivity index (χ3v) is 6.19. The molecule has 0 aromatic rings. The van der Waals surface area contributed by atoms with Gasteiger partial charge < -0.3 is 4.43 Å². The summed E-state index contributed by atoms with van der Waals surface area (Å²) in [6, 6.07) is 1.03. The third-order valence-electron chi connectivity index (χ3n) is 3.79. The summed E-state index contributed by atoms with van der Waals surface area (Å²) in [6.45, 7) is 8.60. The number of ketones is 1. The molecule has 0 amide bonds. The van der Waals surface area contributed by atoms with Gasteiger partial charge in [-0.25, -0.2) is 0 Å². The number of carbonyl (C=O) groups excluding carboxylic acids is 1. The molecule has 3 fully saturated rings. The lowest BCUT2D eigenvalue weighted by atomic mass is 9.69. The molecule has 2 bridgehead atoms. The van der Waals surface area contributed by atoms with Crippen molar-refractivity contribution >= 4 is 14.1 Å². The monoisotopic (exact) mass is 212 g/mol. The first kappa shape index (κ1) is 10.4. The van der Waals surface area contributed by atoms with Gasteiger partial charge in [0.15, 0.2) is 8.32 Å². The van der Waals surface area contributed by atoms with Crippen molar-refractivity contribution < 1.29 is 9.22 Å². The smallest absolute Gasteiger partial charge is 0.187 e. The van der Waals surface area contributed by atoms with Crippen molar-refractivity contribution in [3.8, 4) is 0 Å². The zero-order chi connectivity index (χ0) is 10.6. The average Bonchev–Trinajstić information content (AvgIpc) is 2.23. The van der Waals surface area contributed by atoms with Crippen LogP contribution in [0.15, 0.2) is 0 Å². The lowest BCUT2D eigenvalue weighted by Crippen LogP contribution is -2.44. The van der Waals surface area contributed by atoms with E-state index in [9.17, 15) is 4.79 Å². The van der Waals surface area contributed by atoms with Crippen LogP contribution in [-0.2, 0) is 9.22 Å². The van der Waals surface area contributed by atoms with E-state index in [0.717, 1.165) is 18.9 Å². The van der Waals surface area contributed by atoms with Crippen LogP contribution in [0.2, 0.25) is 19.1 Å². The van der Waals surface area contributed by atoms with E-state index in [2.05, 4.69) is 26.9 Å². The third kappa shape index (κ3) is 1.46. The summed E-state index contributed by atoms with van der Waals surface area (Å²) in [7, 11) is -1.56. The van der Waals surface area contributed by atoms with Gasteiger partial charge in [0.25, 0.3) is 0 Å². The number of hydrogen-bond donors (Lipinski definition) is 0. The lowest BCUT2D eigenvalue weighted by Gasteiger charge is -2.38. The van der Waals surface area contributed by atoms with Crippen LogP contribution in [-0.4, -0.2) is 20.2 Å². The number of fused-ring (bicyclic) bond motifs is 4. The molecule has 2 atom stereocenters. The van der Waals surface area contributed by atoms with Gasteiger partial charge in [-0.1, -0.05) is 13.8 Å². The highest BCUT2D eigenvalue weighted by Gasteiger charge is 2.51. The standard InChI is InChI=1S/C11H20O2Si/c1-11(2)9-6-5-8(10(11)12)7-14(3,4)13-9/h8-9H,5-7H2,1-4H3/t8-,9-/m1/s1. The molecule has 80 valence electrons. The zero-order valence-electron chi connectivity index (χ0n) is 9.59. The summed E-state index contributed by atoms with van der Waals surface area (Å²) >= 11 is 0. The Morgan fingerprint density at radius 3 is 2.64 bits per heavy atom. The topological polar surface area (TPSA) is 26.3 Å². The van der Waals surface area contributed by atoms with E-state index in [1.54, 1.807) is 0 Å². The maximum absolute atomic E-state index is 12.2. The molecular formula is C11H20O2Si. The normalized spacial score (nSPS) is 39.6. The van der Waals surface area contributed by atoms with Crippen LogP contribution in [0, 0.1) is 11.3 Å². The van der Waals surface area contributed by atoms with Crippen molar-refractivity contribution in [2.45, 2.75) is 51.9 Å². The summed E-state index contributed by atoms with van der Waals surface area (Å²) in [6.07, 6.45) is 2.33. The van der Waals surface area contributed by atoms with E-state index < -0.39 is 8.32 Å². The van der Waals surface area contributed by atoms with Crippen molar-refractivity contribution in [2.24, 2.45) is 11.3 Å². The van der Waals surface area contributed by atoms with Gasteiger partial charge in [-0.3, -0.25) is 4.79 Å². The fraction of sp³-hybridized carbons (Fsp3) is 0.909. The van der Waals surface area contributed by atoms with Gasteiger partial charge in [0.2, 0.25) is 0 Å². The van der Waals surface area contributed by atoms with E-state index in [0.29, 0.717) is 11.7 Å². The quantitative estimate of drug-likeness (QED) is 0.577. The van der Waals surface area contributed by atoms with Crippen LogP contribution in [0.25, 0.3) is 0 Å². The van der Waals surface area contributed by atoms with Gasteiger partial charge in [0.05, 0.1) is 6.10 Å². The Kier molecular flexibility index (Phi) is 2.16. The first-order valence-electron chi connectivity index (χ1n) is 5.55. The largest absolute Gasteiger partial charge is 0.413 e. The second kappa shape index (κ2) is 2.92. The molecule has 2 aliphatic heterocycles. The van der Waals surface area contributed by atoms with Gasteiger partial charge in [-0.2, -0.15) is 0 Å². The van der Waals surface area contributed by atoms with E-state index in [-0.39, 0.29) is 11.5 Å². The molecule has 1 aliphatic carbocycles. The van der Waals surface area contributed by atoms with Crippen molar-refractivity contribution in [3.05, 3.63) is 0 Å². The fourth-order valence-corrected chi connectivity index (χ4v) is 5.81. The van der Waals surface area contributed by atoms with Crippen molar-refractivity contribution in [1.29, 1.82) is 0 Å². The van der Waals surface area contributed by atoms with Gasteiger partial charge in [-0.05, 0) is 32.0 Å².